The Morgan fingerprint density at radius 3 is 2.49 bits per heavy atom. The fourth-order valence-electron chi connectivity index (χ4n) is 9.64. The number of piperidine rings is 1. The standard InChI is InChI=1S/C45H44F2N6O2/c46-34-23-44(17-9-18-52(44)26-34)29-55-43-50-41-38(42(51-43)49-28-45-22-33(45)16-19-53(45)25-30-10-3-1-4-11-30)24-48-40(39(41)47)37-21-35(20-32-14-7-8-15-36(32)37)54-27-31-12-5-2-6-13-31/h1-8,10-15,20-21,24,33-34H,9,16-19,22-23,25-29H2,(H,49,50,51)/t33-,34-,44+,45-/m1/s1. The van der Waals surface area contributed by atoms with Crippen molar-refractivity contribution in [3.8, 4) is 23.0 Å². The Morgan fingerprint density at radius 1 is 0.855 bits per heavy atom. The normalized spacial score (nSPS) is 24.6. The highest BCUT2D eigenvalue weighted by Gasteiger charge is 2.61. The number of fused-ring (bicyclic) bond motifs is 4. The predicted molar refractivity (Wildman–Crippen MR) is 210 cm³/mol. The number of nitrogens with zero attached hydrogens (tertiary/aromatic N) is 5. The summed E-state index contributed by atoms with van der Waals surface area (Å²) in [5, 5.41) is 5.89. The lowest BCUT2D eigenvalue weighted by molar-refractivity contribution is 0.107. The molecule has 1 N–H and O–H groups in total. The van der Waals surface area contributed by atoms with E-state index < -0.39 is 17.5 Å². The van der Waals surface area contributed by atoms with Gasteiger partial charge in [-0.2, -0.15) is 9.97 Å². The van der Waals surface area contributed by atoms with E-state index in [0.717, 1.165) is 61.7 Å². The SMILES string of the molecule is Fc1c(-c2cc(OCc3ccccc3)cc3ccccc23)ncc2c(NC[C@]34C[C@H]3CCN4Cc3ccccc3)nc(OC[C@@]34CCCN3C[C@H](F)C4)nc12. The molecule has 8 nitrogen and oxygen atoms in total. The number of ether oxygens (including phenoxy) is 2. The van der Waals surface area contributed by atoms with Gasteiger partial charge in [0.05, 0.1) is 10.9 Å². The molecule has 10 heteroatoms. The largest absolute Gasteiger partial charge is 0.489 e. The highest BCUT2D eigenvalue weighted by atomic mass is 19.1. The summed E-state index contributed by atoms with van der Waals surface area (Å²) < 4.78 is 44.5. The van der Waals surface area contributed by atoms with E-state index in [9.17, 15) is 4.39 Å². The van der Waals surface area contributed by atoms with E-state index in [0.29, 0.717) is 54.6 Å². The third kappa shape index (κ3) is 6.35. The first-order valence-corrected chi connectivity index (χ1v) is 19.6. The number of hydrogen-bond acceptors (Lipinski definition) is 8. The van der Waals surface area contributed by atoms with Crippen LogP contribution in [0.3, 0.4) is 0 Å². The van der Waals surface area contributed by atoms with Crippen molar-refractivity contribution >= 4 is 27.5 Å². The summed E-state index contributed by atoms with van der Waals surface area (Å²) in [6.45, 7) is 4.48. The molecule has 1 saturated carbocycles. The molecule has 0 unspecified atom stereocenters. The first-order chi connectivity index (χ1) is 27.0. The summed E-state index contributed by atoms with van der Waals surface area (Å²) >= 11 is 0. The first-order valence-electron chi connectivity index (χ1n) is 19.6. The summed E-state index contributed by atoms with van der Waals surface area (Å²) in [5.41, 5.74) is 2.85. The topological polar surface area (TPSA) is 75.6 Å². The molecule has 2 aromatic heterocycles. The minimum absolute atomic E-state index is 0.00243. The predicted octanol–water partition coefficient (Wildman–Crippen LogP) is 8.59. The van der Waals surface area contributed by atoms with Gasteiger partial charge in [-0.25, -0.2) is 8.78 Å². The van der Waals surface area contributed by atoms with Crippen molar-refractivity contribution in [2.45, 2.75) is 62.5 Å². The van der Waals surface area contributed by atoms with Crippen molar-refractivity contribution in [2.24, 2.45) is 5.92 Å². The van der Waals surface area contributed by atoms with Gasteiger partial charge in [0.2, 0.25) is 0 Å². The van der Waals surface area contributed by atoms with Gasteiger partial charge in [-0.05, 0) is 78.7 Å². The zero-order valence-corrected chi connectivity index (χ0v) is 30.8. The van der Waals surface area contributed by atoms with Crippen LogP contribution in [0.5, 0.6) is 11.8 Å². The molecule has 10 rings (SSSR count). The molecule has 0 bridgehead atoms. The zero-order chi connectivity index (χ0) is 37.0. The number of aromatic nitrogens is 3. The Bertz CT molecular complexity index is 2370. The lowest BCUT2D eigenvalue weighted by Crippen LogP contribution is -2.43. The number of likely N-dealkylation sites (tertiary alicyclic amines) is 1. The van der Waals surface area contributed by atoms with Gasteiger partial charge in [0.25, 0.3) is 0 Å². The van der Waals surface area contributed by atoms with Gasteiger partial charge in [-0.15, -0.1) is 0 Å². The maximum absolute atomic E-state index is 17.2. The second kappa shape index (κ2) is 13.8. The molecule has 5 heterocycles. The summed E-state index contributed by atoms with van der Waals surface area (Å²) in [5.74, 6) is 1.15. The number of halogens is 2. The van der Waals surface area contributed by atoms with E-state index in [-0.39, 0.29) is 29.4 Å². The van der Waals surface area contributed by atoms with Crippen molar-refractivity contribution in [1.29, 1.82) is 0 Å². The zero-order valence-electron chi connectivity index (χ0n) is 30.8. The fourth-order valence-corrected chi connectivity index (χ4v) is 9.64. The van der Waals surface area contributed by atoms with Gasteiger partial charge in [0, 0.05) is 43.4 Å². The molecule has 0 amide bonds. The Balaban J connectivity index is 1.01. The molecule has 280 valence electrons. The van der Waals surface area contributed by atoms with Crippen LogP contribution in [0.2, 0.25) is 0 Å². The van der Waals surface area contributed by atoms with Gasteiger partial charge in [0.15, 0.2) is 5.82 Å². The molecule has 4 aromatic carbocycles. The molecule has 0 spiro atoms. The first kappa shape index (κ1) is 34.3. The molecule has 55 heavy (non-hydrogen) atoms. The maximum atomic E-state index is 17.2. The molecular formula is C45H44F2N6O2. The van der Waals surface area contributed by atoms with Gasteiger partial charge < -0.3 is 14.8 Å². The number of pyridine rings is 1. The fraction of sp³-hybridized carbons (Fsp3) is 0.356. The number of alkyl halides is 1. The second-order valence-electron chi connectivity index (χ2n) is 15.9. The van der Waals surface area contributed by atoms with Gasteiger partial charge in [0.1, 0.15) is 42.2 Å². The van der Waals surface area contributed by atoms with E-state index in [1.54, 1.807) is 6.20 Å². The summed E-state index contributed by atoms with van der Waals surface area (Å²) in [6.07, 6.45) is 5.32. The van der Waals surface area contributed by atoms with E-state index in [1.165, 1.54) is 5.56 Å². The van der Waals surface area contributed by atoms with E-state index >= 15 is 4.39 Å². The number of rotatable bonds is 12. The van der Waals surface area contributed by atoms with Crippen LogP contribution in [0, 0.1) is 11.7 Å². The molecular weight excluding hydrogens is 695 g/mol. The quantitative estimate of drug-likeness (QED) is 0.134. The van der Waals surface area contributed by atoms with Crippen LogP contribution < -0.4 is 14.8 Å². The second-order valence-corrected chi connectivity index (χ2v) is 15.9. The average Bonchev–Trinajstić information content (AvgIpc) is 3.42. The van der Waals surface area contributed by atoms with Crippen LogP contribution >= 0.6 is 0 Å². The van der Waals surface area contributed by atoms with Crippen LogP contribution in [0.15, 0.2) is 103 Å². The van der Waals surface area contributed by atoms with Gasteiger partial charge >= 0.3 is 6.01 Å². The average molecular weight is 739 g/mol. The summed E-state index contributed by atoms with van der Waals surface area (Å²) in [4.78, 5) is 19.1. The van der Waals surface area contributed by atoms with Crippen molar-refractivity contribution in [1.82, 2.24) is 24.8 Å². The van der Waals surface area contributed by atoms with E-state index in [4.69, 9.17) is 24.4 Å². The Labute approximate surface area is 319 Å². The van der Waals surface area contributed by atoms with Crippen LogP contribution in [-0.2, 0) is 13.2 Å². The smallest absolute Gasteiger partial charge is 0.319 e. The molecule has 4 atom stereocenters. The van der Waals surface area contributed by atoms with Crippen molar-refractivity contribution in [2.75, 3.05) is 38.1 Å². The number of anilines is 1. The minimum Gasteiger partial charge on any atom is -0.489 e. The third-order valence-electron chi connectivity index (χ3n) is 12.6. The Morgan fingerprint density at radius 2 is 1.65 bits per heavy atom. The van der Waals surface area contributed by atoms with Crippen molar-refractivity contribution < 1.29 is 18.3 Å². The molecule has 0 radical (unpaired) electrons. The third-order valence-corrected chi connectivity index (χ3v) is 12.6. The van der Waals surface area contributed by atoms with Crippen LogP contribution in [-0.4, -0.2) is 74.8 Å². The molecule has 3 aliphatic heterocycles. The van der Waals surface area contributed by atoms with Crippen LogP contribution in [0.25, 0.3) is 32.9 Å². The highest BCUT2D eigenvalue weighted by molar-refractivity contribution is 5.99. The van der Waals surface area contributed by atoms with Gasteiger partial charge in [-0.3, -0.25) is 14.8 Å². The molecule has 3 saturated heterocycles. The number of hydrogen-bond donors (Lipinski definition) is 1. The molecule has 1 aliphatic carbocycles. The Kier molecular flexibility index (Phi) is 8.63. The van der Waals surface area contributed by atoms with E-state index in [1.807, 2.05) is 66.7 Å². The maximum Gasteiger partial charge on any atom is 0.319 e. The van der Waals surface area contributed by atoms with Crippen LogP contribution in [0.1, 0.15) is 43.2 Å². The van der Waals surface area contributed by atoms with Crippen molar-refractivity contribution in [3.05, 3.63) is 120 Å². The highest BCUT2D eigenvalue weighted by Crippen LogP contribution is 2.56. The lowest BCUT2D eigenvalue weighted by Gasteiger charge is -2.31. The minimum atomic E-state index is -0.886. The van der Waals surface area contributed by atoms with E-state index in [2.05, 4.69) is 45.4 Å². The number of nitrogens with one attached hydrogen (secondary N) is 1. The molecule has 4 fully saturated rings. The summed E-state index contributed by atoms with van der Waals surface area (Å²) in [7, 11) is 0. The molecule has 6 aromatic rings. The van der Waals surface area contributed by atoms with Gasteiger partial charge in [-0.1, -0.05) is 84.9 Å². The lowest BCUT2D eigenvalue weighted by atomic mass is 9.95. The van der Waals surface area contributed by atoms with Crippen LogP contribution in [0.4, 0.5) is 14.6 Å². The van der Waals surface area contributed by atoms with Crippen molar-refractivity contribution in [3.63, 3.8) is 0 Å². The molecule has 4 aliphatic rings. The monoisotopic (exact) mass is 738 g/mol. The number of benzene rings is 4. The Hall–Kier alpha value is -5.19. The summed E-state index contributed by atoms with van der Waals surface area (Å²) in [6, 6.07) is 32.3.